The molecule has 2 nitrogen and oxygen atoms in total. The van der Waals surface area contributed by atoms with Gasteiger partial charge in [0.15, 0.2) is 5.82 Å². The molecule has 2 aromatic rings. The van der Waals surface area contributed by atoms with Gasteiger partial charge in [-0.05, 0) is 11.6 Å². The molecule has 0 saturated carbocycles. The van der Waals surface area contributed by atoms with Crippen LogP contribution in [0.25, 0.3) is 0 Å². The van der Waals surface area contributed by atoms with Crippen LogP contribution in [0.3, 0.4) is 0 Å². The lowest BCUT2D eigenvalue weighted by Crippen LogP contribution is -2.01. The Kier molecular flexibility index (Phi) is 4.73. The van der Waals surface area contributed by atoms with E-state index in [0.29, 0.717) is 12.2 Å². The zero-order valence-corrected chi connectivity index (χ0v) is 9.38. The molecule has 0 amide bonds. The lowest BCUT2D eigenvalue weighted by atomic mass is 10.2. The summed E-state index contributed by atoms with van der Waals surface area (Å²) in [6, 6.07) is 11.5. The van der Waals surface area contributed by atoms with Gasteiger partial charge in [-0.15, -0.1) is 12.4 Å². The highest BCUT2D eigenvalue weighted by Crippen LogP contribution is 2.12. The maximum absolute atomic E-state index is 13.2. The first kappa shape index (κ1) is 12.5. The maximum Gasteiger partial charge on any atom is 0.164 e. The largest absolute Gasteiger partial charge is 0.379 e. The highest BCUT2D eigenvalue weighted by Gasteiger charge is 1.99. The first-order chi connectivity index (χ1) is 7.36. The minimum absolute atomic E-state index is 0. The lowest BCUT2D eigenvalue weighted by molar-refractivity contribution is 0.624. The number of nitrogens with zero attached hydrogens (tertiary/aromatic N) is 1. The van der Waals surface area contributed by atoms with E-state index in [1.165, 1.54) is 6.20 Å². The Morgan fingerprint density at radius 1 is 1.12 bits per heavy atom. The molecule has 0 aliphatic heterocycles. The van der Waals surface area contributed by atoms with Crippen LogP contribution in [0.5, 0.6) is 0 Å². The highest BCUT2D eigenvalue weighted by molar-refractivity contribution is 5.85. The minimum Gasteiger partial charge on any atom is -0.379 e. The molecule has 84 valence electrons. The molecule has 0 radical (unpaired) electrons. The summed E-state index contributed by atoms with van der Waals surface area (Å²) >= 11 is 0. The number of hydrogen-bond donors (Lipinski definition) is 1. The summed E-state index contributed by atoms with van der Waals surface area (Å²) in [4.78, 5) is 3.68. The topological polar surface area (TPSA) is 24.9 Å². The van der Waals surface area contributed by atoms with Crippen molar-refractivity contribution in [2.24, 2.45) is 0 Å². The van der Waals surface area contributed by atoms with Gasteiger partial charge in [0.05, 0.1) is 11.9 Å². The standard InChI is InChI=1S/C12H11FN2.ClH/c13-11-9-14-7-6-12(11)15-8-10-4-2-1-3-5-10;/h1-7,9H,8H2,(H,14,15);1H. The molecule has 0 unspecified atom stereocenters. The summed E-state index contributed by atoms with van der Waals surface area (Å²) in [5, 5.41) is 3.01. The van der Waals surface area contributed by atoms with E-state index in [4.69, 9.17) is 0 Å². The molecule has 2 rings (SSSR count). The zero-order chi connectivity index (χ0) is 10.5. The molecule has 1 N–H and O–H groups in total. The molecule has 0 aliphatic rings. The molecule has 0 saturated heterocycles. The smallest absolute Gasteiger partial charge is 0.164 e. The second kappa shape index (κ2) is 6.08. The Morgan fingerprint density at radius 3 is 2.56 bits per heavy atom. The molecule has 1 aromatic carbocycles. The summed E-state index contributed by atoms with van der Waals surface area (Å²) in [6.45, 7) is 0.613. The van der Waals surface area contributed by atoms with E-state index in [2.05, 4.69) is 10.3 Å². The van der Waals surface area contributed by atoms with Crippen LogP contribution >= 0.6 is 12.4 Å². The average molecular weight is 239 g/mol. The maximum atomic E-state index is 13.2. The third kappa shape index (κ3) is 3.21. The minimum atomic E-state index is -0.326. The lowest BCUT2D eigenvalue weighted by Gasteiger charge is -2.06. The second-order valence-corrected chi connectivity index (χ2v) is 3.19. The molecule has 0 aliphatic carbocycles. The van der Waals surface area contributed by atoms with Gasteiger partial charge in [0.1, 0.15) is 0 Å². The van der Waals surface area contributed by atoms with Crippen molar-refractivity contribution < 1.29 is 4.39 Å². The van der Waals surface area contributed by atoms with Crippen molar-refractivity contribution in [2.75, 3.05) is 5.32 Å². The Hall–Kier alpha value is -1.61. The van der Waals surface area contributed by atoms with Crippen LogP contribution in [0.4, 0.5) is 10.1 Å². The predicted molar refractivity (Wildman–Crippen MR) is 65.2 cm³/mol. The second-order valence-electron chi connectivity index (χ2n) is 3.19. The normalized spacial score (nSPS) is 9.31. The molecule has 0 bridgehead atoms. The van der Waals surface area contributed by atoms with Crippen molar-refractivity contribution in [1.82, 2.24) is 4.98 Å². The SMILES string of the molecule is Cl.Fc1cnccc1NCc1ccccc1. The van der Waals surface area contributed by atoms with Gasteiger partial charge in [-0.3, -0.25) is 4.98 Å². The molecule has 1 aromatic heterocycles. The van der Waals surface area contributed by atoms with Gasteiger partial charge in [-0.25, -0.2) is 4.39 Å². The molecule has 0 fully saturated rings. The van der Waals surface area contributed by atoms with Crippen LogP contribution in [0.2, 0.25) is 0 Å². The fraction of sp³-hybridized carbons (Fsp3) is 0.0833. The van der Waals surface area contributed by atoms with Crippen molar-refractivity contribution in [3.63, 3.8) is 0 Å². The Bertz CT molecular complexity index is 434. The summed E-state index contributed by atoms with van der Waals surface area (Å²) in [5.41, 5.74) is 1.60. The summed E-state index contributed by atoms with van der Waals surface area (Å²) in [7, 11) is 0. The number of anilines is 1. The zero-order valence-electron chi connectivity index (χ0n) is 8.56. The quantitative estimate of drug-likeness (QED) is 0.888. The number of rotatable bonds is 3. The van der Waals surface area contributed by atoms with Crippen molar-refractivity contribution in [2.45, 2.75) is 6.54 Å². The first-order valence-corrected chi connectivity index (χ1v) is 4.73. The fourth-order valence-electron chi connectivity index (χ4n) is 1.31. The van der Waals surface area contributed by atoms with Gasteiger partial charge in [-0.2, -0.15) is 0 Å². The fourth-order valence-corrected chi connectivity index (χ4v) is 1.31. The van der Waals surface area contributed by atoms with E-state index in [1.807, 2.05) is 30.3 Å². The van der Waals surface area contributed by atoms with Crippen LogP contribution < -0.4 is 5.32 Å². The molecule has 1 heterocycles. The van der Waals surface area contributed by atoms with Crippen LogP contribution in [0.1, 0.15) is 5.56 Å². The van der Waals surface area contributed by atoms with Gasteiger partial charge in [0, 0.05) is 12.7 Å². The highest BCUT2D eigenvalue weighted by atomic mass is 35.5. The summed E-state index contributed by atoms with van der Waals surface area (Å²) in [5.74, 6) is -0.326. The summed E-state index contributed by atoms with van der Waals surface area (Å²) < 4.78 is 13.2. The van der Waals surface area contributed by atoms with Gasteiger partial charge in [-0.1, -0.05) is 30.3 Å². The number of benzene rings is 1. The van der Waals surface area contributed by atoms with Gasteiger partial charge in [0.25, 0.3) is 0 Å². The van der Waals surface area contributed by atoms with Crippen LogP contribution in [0.15, 0.2) is 48.8 Å². The average Bonchev–Trinajstić information content (AvgIpc) is 2.29. The molecule has 0 atom stereocenters. The molecular formula is C12H12ClFN2. The van der Waals surface area contributed by atoms with Crippen molar-refractivity contribution in [1.29, 1.82) is 0 Å². The van der Waals surface area contributed by atoms with E-state index < -0.39 is 0 Å². The van der Waals surface area contributed by atoms with Gasteiger partial charge >= 0.3 is 0 Å². The van der Waals surface area contributed by atoms with E-state index in [9.17, 15) is 4.39 Å². The van der Waals surface area contributed by atoms with Crippen LogP contribution in [-0.2, 0) is 6.54 Å². The van der Waals surface area contributed by atoms with E-state index >= 15 is 0 Å². The van der Waals surface area contributed by atoms with Crippen molar-refractivity contribution >= 4 is 18.1 Å². The number of aromatic nitrogens is 1. The molecule has 16 heavy (non-hydrogen) atoms. The summed E-state index contributed by atoms with van der Waals surface area (Å²) in [6.07, 6.45) is 2.77. The third-order valence-corrected chi connectivity index (χ3v) is 2.10. The van der Waals surface area contributed by atoms with Crippen LogP contribution in [-0.4, -0.2) is 4.98 Å². The molecule has 4 heteroatoms. The predicted octanol–water partition coefficient (Wildman–Crippen LogP) is 3.25. The monoisotopic (exact) mass is 238 g/mol. The van der Waals surface area contributed by atoms with E-state index in [-0.39, 0.29) is 18.2 Å². The number of hydrogen-bond acceptors (Lipinski definition) is 2. The Labute approximate surface area is 99.9 Å². The van der Waals surface area contributed by atoms with Crippen LogP contribution in [0, 0.1) is 5.82 Å². The third-order valence-electron chi connectivity index (χ3n) is 2.10. The number of pyridine rings is 1. The molecule has 0 spiro atoms. The van der Waals surface area contributed by atoms with Gasteiger partial charge < -0.3 is 5.32 Å². The Balaban J connectivity index is 0.00000128. The van der Waals surface area contributed by atoms with Crippen molar-refractivity contribution in [3.8, 4) is 0 Å². The number of nitrogens with one attached hydrogen (secondary N) is 1. The first-order valence-electron chi connectivity index (χ1n) is 4.73. The van der Waals surface area contributed by atoms with Gasteiger partial charge in [0.2, 0.25) is 0 Å². The number of halogens is 2. The Morgan fingerprint density at radius 2 is 1.88 bits per heavy atom. The van der Waals surface area contributed by atoms with Crippen molar-refractivity contribution in [3.05, 3.63) is 60.2 Å². The van der Waals surface area contributed by atoms with E-state index in [1.54, 1.807) is 12.3 Å². The van der Waals surface area contributed by atoms with E-state index in [0.717, 1.165) is 5.56 Å². The molecular weight excluding hydrogens is 227 g/mol.